The molecule has 0 N–H and O–H groups in total. The quantitative estimate of drug-likeness (QED) is 0.574. The third-order valence-corrected chi connectivity index (χ3v) is 5.55. The van der Waals surface area contributed by atoms with Gasteiger partial charge in [0.15, 0.2) is 0 Å². The van der Waals surface area contributed by atoms with E-state index in [1.165, 1.54) is 27.9 Å². The van der Waals surface area contributed by atoms with Gasteiger partial charge < -0.3 is 0 Å². The van der Waals surface area contributed by atoms with Gasteiger partial charge in [-0.15, -0.1) is 0 Å². The number of hydrogen-bond donors (Lipinski definition) is 0. The Balaban J connectivity index is 2.87. The minimum absolute atomic E-state index is 0.109. The normalized spacial score (nSPS) is 25.4. The lowest BCUT2D eigenvalue weighted by Gasteiger charge is -2.45. The van der Waals surface area contributed by atoms with E-state index in [1.807, 2.05) is 0 Å². The van der Waals surface area contributed by atoms with Gasteiger partial charge in [-0.25, -0.2) is 0 Å². The second-order valence-electron chi connectivity index (χ2n) is 7.22. The Morgan fingerprint density at radius 2 is 1.58 bits per heavy atom. The van der Waals surface area contributed by atoms with Crippen molar-refractivity contribution < 1.29 is 0 Å². The molecule has 0 fully saturated rings. The molecule has 19 heavy (non-hydrogen) atoms. The van der Waals surface area contributed by atoms with Crippen molar-refractivity contribution in [2.45, 2.75) is 61.3 Å². The van der Waals surface area contributed by atoms with Crippen molar-refractivity contribution in [2.75, 3.05) is 0 Å². The van der Waals surface area contributed by atoms with Crippen LogP contribution in [0.4, 0.5) is 0 Å². The van der Waals surface area contributed by atoms with Gasteiger partial charge in [0, 0.05) is 11.0 Å². The predicted molar refractivity (Wildman–Crippen MR) is 80.5 cm³/mol. The van der Waals surface area contributed by atoms with Gasteiger partial charge in [0.05, 0.1) is 6.07 Å². The highest BCUT2D eigenvalue weighted by Crippen LogP contribution is 2.55. The maximum atomic E-state index is 9.47. The summed E-state index contributed by atoms with van der Waals surface area (Å²) in [4.78, 5) is 0. The van der Waals surface area contributed by atoms with Crippen molar-refractivity contribution in [3.05, 3.63) is 33.4 Å². The molecule has 0 radical (unpaired) electrons. The Bertz CT molecular complexity index is 571. The van der Waals surface area contributed by atoms with E-state index in [-0.39, 0.29) is 10.8 Å². The van der Waals surface area contributed by atoms with E-state index >= 15 is 0 Å². The summed E-state index contributed by atoms with van der Waals surface area (Å²) in [7, 11) is 0. The first-order valence-electron chi connectivity index (χ1n) is 7.18. The van der Waals surface area contributed by atoms with Gasteiger partial charge in [-0.05, 0) is 55.7 Å². The minimum Gasteiger partial charge on any atom is -0.193 e. The molecular weight excluding hydrogens is 230 g/mol. The molecule has 0 aromatic rings. The van der Waals surface area contributed by atoms with Crippen LogP contribution in [0.2, 0.25) is 0 Å². The molecule has 1 heteroatoms. The van der Waals surface area contributed by atoms with Crippen LogP contribution in [0.25, 0.3) is 0 Å². The molecule has 102 valence electrons. The zero-order valence-corrected chi connectivity index (χ0v) is 13.4. The second-order valence-corrected chi connectivity index (χ2v) is 7.22. The van der Waals surface area contributed by atoms with Crippen LogP contribution in [0.15, 0.2) is 33.4 Å². The number of nitrogens with zero attached hydrogens (tertiary/aromatic N) is 1. The summed E-state index contributed by atoms with van der Waals surface area (Å²) in [5, 5.41) is 9.47. The van der Waals surface area contributed by atoms with Gasteiger partial charge in [-0.2, -0.15) is 5.26 Å². The highest BCUT2D eigenvalue weighted by atomic mass is 14.5. The smallest absolute Gasteiger partial charge is 0.0953 e. The Kier molecular flexibility index (Phi) is 3.05. The van der Waals surface area contributed by atoms with Crippen LogP contribution < -0.4 is 0 Å². The molecule has 0 saturated carbocycles. The number of allylic oxidation sites excluding steroid dienone is 6. The zero-order chi connectivity index (χ0) is 14.6. The molecule has 0 saturated heterocycles. The van der Waals surface area contributed by atoms with Crippen molar-refractivity contribution in [3.8, 4) is 6.07 Å². The van der Waals surface area contributed by atoms with Crippen molar-refractivity contribution in [1.82, 2.24) is 0 Å². The fraction of sp³-hybridized carbons (Fsp3) is 0.611. The largest absolute Gasteiger partial charge is 0.193 e. The van der Waals surface area contributed by atoms with Gasteiger partial charge in [0.1, 0.15) is 0 Å². The van der Waals surface area contributed by atoms with Gasteiger partial charge in [-0.1, -0.05) is 38.8 Å². The van der Waals surface area contributed by atoms with Crippen LogP contribution in [-0.4, -0.2) is 0 Å². The van der Waals surface area contributed by atoms with Crippen LogP contribution in [0.1, 0.15) is 61.3 Å². The SMILES string of the molecule is CC1=C(C)C(C)(C)C(C)=C2C1=C(C#N)CCC2(C)C. The monoisotopic (exact) mass is 255 g/mol. The Labute approximate surface area is 117 Å². The number of nitriles is 1. The van der Waals surface area contributed by atoms with Crippen molar-refractivity contribution in [1.29, 1.82) is 5.26 Å². The summed E-state index contributed by atoms with van der Waals surface area (Å²) in [5.74, 6) is 0. The summed E-state index contributed by atoms with van der Waals surface area (Å²) in [6, 6.07) is 2.45. The van der Waals surface area contributed by atoms with E-state index in [0.29, 0.717) is 0 Å². The van der Waals surface area contributed by atoms with Crippen LogP contribution >= 0.6 is 0 Å². The minimum atomic E-state index is 0.109. The van der Waals surface area contributed by atoms with Crippen LogP contribution in [0.3, 0.4) is 0 Å². The summed E-state index contributed by atoms with van der Waals surface area (Å²) >= 11 is 0. The van der Waals surface area contributed by atoms with E-state index in [0.717, 1.165) is 18.4 Å². The number of hydrogen-bond acceptors (Lipinski definition) is 1. The van der Waals surface area contributed by atoms with Gasteiger partial charge >= 0.3 is 0 Å². The van der Waals surface area contributed by atoms with Crippen LogP contribution in [-0.2, 0) is 0 Å². The molecule has 0 unspecified atom stereocenters. The van der Waals surface area contributed by atoms with Gasteiger partial charge in [0.2, 0.25) is 0 Å². The fourth-order valence-corrected chi connectivity index (χ4v) is 3.65. The van der Waals surface area contributed by atoms with Crippen molar-refractivity contribution in [2.24, 2.45) is 10.8 Å². The molecule has 0 spiro atoms. The Morgan fingerprint density at radius 3 is 2.11 bits per heavy atom. The first kappa shape index (κ1) is 14.1. The van der Waals surface area contributed by atoms with E-state index < -0.39 is 0 Å². The molecule has 0 aromatic carbocycles. The molecule has 0 heterocycles. The van der Waals surface area contributed by atoms with Gasteiger partial charge in [0.25, 0.3) is 0 Å². The Hall–Kier alpha value is -1.29. The summed E-state index contributed by atoms with van der Waals surface area (Å²) < 4.78 is 0. The highest BCUT2D eigenvalue weighted by Gasteiger charge is 2.41. The first-order chi connectivity index (χ1) is 8.64. The third kappa shape index (κ3) is 1.81. The summed E-state index contributed by atoms with van der Waals surface area (Å²) in [6.45, 7) is 15.9. The molecule has 0 aliphatic heterocycles. The van der Waals surface area contributed by atoms with E-state index in [2.05, 4.69) is 54.5 Å². The van der Waals surface area contributed by atoms with Crippen molar-refractivity contribution >= 4 is 0 Å². The van der Waals surface area contributed by atoms with E-state index in [1.54, 1.807) is 0 Å². The molecular formula is C18H25N. The lowest BCUT2D eigenvalue weighted by Crippen LogP contribution is -2.32. The lowest BCUT2D eigenvalue weighted by molar-refractivity contribution is 0.376. The van der Waals surface area contributed by atoms with Crippen molar-refractivity contribution in [3.63, 3.8) is 0 Å². The van der Waals surface area contributed by atoms with Gasteiger partial charge in [-0.3, -0.25) is 0 Å². The van der Waals surface area contributed by atoms with Crippen LogP contribution in [0, 0.1) is 22.2 Å². The molecule has 0 aromatic heterocycles. The number of rotatable bonds is 0. The molecule has 0 bridgehead atoms. The highest BCUT2D eigenvalue weighted by molar-refractivity contribution is 5.64. The average Bonchev–Trinajstić information content (AvgIpc) is 2.33. The number of fused-ring (bicyclic) bond motifs is 1. The zero-order valence-electron chi connectivity index (χ0n) is 13.4. The molecule has 0 atom stereocenters. The summed E-state index contributed by atoms with van der Waals surface area (Å²) in [5.41, 5.74) is 8.15. The maximum absolute atomic E-state index is 9.47. The molecule has 2 aliphatic carbocycles. The van der Waals surface area contributed by atoms with E-state index in [4.69, 9.17) is 0 Å². The fourth-order valence-electron chi connectivity index (χ4n) is 3.65. The lowest BCUT2D eigenvalue weighted by atomic mass is 9.59. The molecule has 2 rings (SSSR count). The second kappa shape index (κ2) is 4.10. The Morgan fingerprint density at radius 1 is 1.00 bits per heavy atom. The first-order valence-corrected chi connectivity index (χ1v) is 7.18. The van der Waals surface area contributed by atoms with Crippen LogP contribution in [0.5, 0.6) is 0 Å². The maximum Gasteiger partial charge on any atom is 0.0953 e. The average molecular weight is 255 g/mol. The predicted octanol–water partition coefficient (Wildman–Crippen LogP) is 5.32. The summed E-state index contributed by atoms with van der Waals surface area (Å²) in [6.07, 6.45) is 2.00. The molecule has 1 nitrogen and oxygen atoms in total. The topological polar surface area (TPSA) is 23.8 Å². The molecule has 0 amide bonds. The standard InChI is InChI=1S/C18H25N/c1-11-12(2)18(6,7)13(3)16-15(11)14(10-19)8-9-17(16,4)5/h8-9H2,1-7H3. The third-order valence-electron chi connectivity index (χ3n) is 5.55. The van der Waals surface area contributed by atoms with E-state index in [9.17, 15) is 5.26 Å². The molecule has 2 aliphatic rings.